The summed E-state index contributed by atoms with van der Waals surface area (Å²) in [6.45, 7) is 1.78. The number of hydrogen-bond donors (Lipinski definition) is 1. The summed E-state index contributed by atoms with van der Waals surface area (Å²) in [4.78, 5) is 32.6. The van der Waals surface area contributed by atoms with E-state index >= 15 is 0 Å². The highest BCUT2D eigenvalue weighted by molar-refractivity contribution is 9.10. The molecule has 1 aliphatic rings. The van der Waals surface area contributed by atoms with Gasteiger partial charge in [0.25, 0.3) is 11.5 Å². The van der Waals surface area contributed by atoms with Crippen molar-refractivity contribution in [1.82, 2.24) is 34.3 Å². The van der Waals surface area contributed by atoms with Crippen LogP contribution in [0.2, 0.25) is 0 Å². The smallest absolute Gasteiger partial charge is 0.330 e. The molecule has 0 aliphatic carbocycles. The average molecular weight is 689 g/mol. The minimum Gasteiger partial charge on any atom is -0.330 e. The van der Waals surface area contributed by atoms with E-state index in [-0.39, 0.29) is 28.6 Å². The summed E-state index contributed by atoms with van der Waals surface area (Å²) in [6, 6.07) is 20.1. The Labute approximate surface area is 268 Å². The van der Waals surface area contributed by atoms with Gasteiger partial charge in [-0.05, 0) is 61.4 Å². The molecule has 0 radical (unpaired) electrons. The lowest BCUT2D eigenvalue weighted by atomic mass is 9.97. The summed E-state index contributed by atoms with van der Waals surface area (Å²) in [7, 11) is 0. The monoisotopic (exact) mass is 687 g/mol. The Balaban J connectivity index is 1.35. The molecule has 13 heteroatoms. The van der Waals surface area contributed by atoms with E-state index in [1.165, 1.54) is 23.4 Å². The van der Waals surface area contributed by atoms with Crippen LogP contribution in [0.1, 0.15) is 45.2 Å². The Morgan fingerprint density at radius 3 is 2.52 bits per heavy atom. The number of aromatic nitrogens is 6. The lowest BCUT2D eigenvalue weighted by Gasteiger charge is -2.35. The van der Waals surface area contributed by atoms with Gasteiger partial charge in [0.15, 0.2) is 5.82 Å². The van der Waals surface area contributed by atoms with E-state index in [0.29, 0.717) is 34.8 Å². The van der Waals surface area contributed by atoms with Crippen LogP contribution >= 0.6 is 15.9 Å². The van der Waals surface area contributed by atoms with Crippen molar-refractivity contribution in [2.45, 2.75) is 38.5 Å². The maximum atomic E-state index is 14.4. The van der Waals surface area contributed by atoms with Gasteiger partial charge in [-0.25, -0.2) is 4.52 Å². The second kappa shape index (κ2) is 11.4. The van der Waals surface area contributed by atoms with Crippen LogP contribution in [0.25, 0.3) is 22.7 Å². The van der Waals surface area contributed by atoms with Crippen LogP contribution in [0.3, 0.4) is 0 Å². The summed E-state index contributed by atoms with van der Waals surface area (Å²) in [6.07, 6.45) is -0.733. The Hall–Kier alpha value is -5.04. The van der Waals surface area contributed by atoms with Gasteiger partial charge in [0.1, 0.15) is 12.0 Å². The third-order valence-electron chi connectivity index (χ3n) is 8.28. The Morgan fingerprint density at radius 2 is 1.83 bits per heavy atom. The molecule has 0 spiro atoms. The molecule has 1 N–H and O–H groups in total. The fraction of sp³-hybridized carbons (Fsp3) is 0.182. The van der Waals surface area contributed by atoms with E-state index in [9.17, 15) is 22.8 Å². The van der Waals surface area contributed by atoms with E-state index in [1.54, 1.807) is 22.2 Å². The number of fused-ring (bicyclic) bond motifs is 3. The molecule has 0 bridgehead atoms. The van der Waals surface area contributed by atoms with Gasteiger partial charge in [0.05, 0.1) is 29.7 Å². The minimum atomic E-state index is -4.64. The molecule has 1 unspecified atom stereocenters. The number of nitrogens with zero attached hydrogens (tertiary/aromatic N) is 6. The van der Waals surface area contributed by atoms with Crippen molar-refractivity contribution in [3.05, 3.63) is 134 Å². The summed E-state index contributed by atoms with van der Waals surface area (Å²) in [5, 5.41) is 12.6. The third kappa shape index (κ3) is 5.19. The molecule has 9 nitrogen and oxygen atoms in total. The number of alkyl halides is 3. The van der Waals surface area contributed by atoms with Crippen molar-refractivity contribution in [1.29, 1.82) is 0 Å². The summed E-state index contributed by atoms with van der Waals surface area (Å²) < 4.78 is 44.1. The Kier molecular flexibility index (Phi) is 7.35. The van der Waals surface area contributed by atoms with E-state index in [4.69, 9.17) is 5.10 Å². The average Bonchev–Trinajstić information content (AvgIpc) is 3.73. The molecular formula is C33H25BrF3N7O2. The molecule has 1 atom stereocenters. The molecule has 4 heterocycles. The summed E-state index contributed by atoms with van der Waals surface area (Å²) in [5.74, 6) is 0.0310. The molecule has 3 aromatic carbocycles. The maximum absolute atomic E-state index is 14.4. The van der Waals surface area contributed by atoms with Gasteiger partial charge in [0, 0.05) is 39.2 Å². The number of halogens is 4. The second-order valence-corrected chi connectivity index (χ2v) is 12.1. The zero-order valence-electron chi connectivity index (χ0n) is 24.3. The molecule has 232 valence electrons. The molecule has 46 heavy (non-hydrogen) atoms. The number of H-pyrrole nitrogens is 1. The van der Waals surface area contributed by atoms with E-state index in [1.807, 2.05) is 54.6 Å². The minimum absolute atomic E-state index is 0.00375. The van der Waals surface area contributed by atoms with Crippen molar-refractivity contribution in [3.8, 4) is 17.1 Å². The largest absolute Gasteiger partial charge is 0.417 e. The number of carbonyl (C=O) groups excluding carboxylic acids is 1. The molecular weight excluding hydrogens is 663 g/mol. The topological polar surface area (TPSA) is 101 Å². The highest BCUT2D eigenvalue weighted by Crippen LogP contribution is 2.36. The maximum Gasteiger partial charge on any atom is 0.417 e. The molecule has 1 aliphatic heterocycles. The molecule has 0 fully saturated rings. The van der Waals surface area contributed by atoms with Gasteiger partial charge in [0.2, 0.25) is 0 Å². The number of hydrogen-bond acceptors (Lipinski definition) is 5. The van der Waals surface area contributed by atoms with E-state index < -0.39 is 23.7 Å². The van der Waals surface area contributed by atoms with Crippen LogP contribution < -0.4 is 5.56 Å². The third-order valence-corrected chi connectivity index (χ3v) is 8.97. The van der Waals surface area contributed by atoms with Crippen LogP contribution in [0.15, 0.2) is 94.6 Å². The number of carbonyl (C=O) groups is 1. The Morgan fingerprint density at radius 1 is 1.07 bits per heavy atom. The van der Waals surface area contributed by atoms with Crippen LogP contribution in [-0.2, 0) is 25.6 Å². The zero-order chi connectivity index (χ0) is 32.2. The Bertz CT molecular complexity index is 2140. The molecule has 7 rings (SSSR count). The normalized spacial score (nSPS) is 14.9. The van der Waals surface area contributed by atoms with Crippen molar-refractivity contribution in [3.63, 3.8) is 0 Å². The van der Waals surface area contributed by atoms with Gasteiger partial charge in [-0.1, -0.05) is 46.3 Å². The number of nitrogens with one attached hydrogen (secondary N) is 1. The van der Waals surface area contributed by atoms with E-state index in [0.717, 1.165) is 22.8 Å². The number of aromatic amines is 1. The molecule has 0 saturated carbocycles. The quantitative estimate of drug-likeness (QED) is 0.232. The van der Waals surface area contributed by atoms with Gasteiger partial charge in [-0.15, -0.1) is 10.2 Å². The lowest BCUT2D eigenvalue weighted by Crippen LogP contribution is -2.46. The van der Waals surface area contributed by atoms with Gasteiger partial charge in [-0.3, -0.25) is 14.2 Å². The van der Waals surface area contributed by atoms with Crippen LogP contribution in [-0.4, -0.2) is 46.2 Å². The van der Waals surface area contributed by atoms with Gasteiger partial charge >= 0.3 is 6.18 Å². The van der Waals surface area contributed by atoms with Crippen LogP contribution in [0.4, 0.5) is 13.2 Å². The van der Waals surface area contributed by atoms with Crippen molar-refractivity contribution in [2.75, 3.05) is 0 Å². The highest BCUT2D eigenvalue weighted by Gasteiger charge is 2.36. The molecule has 1 amide bonds. The summed E-state index contributed by atoms with van der Waals surface area (Å²) >= 11 is 2.94. The fourth-order valence-electron chi connectivity index (χ4n) is 5.99. The second-order valence-electron chi connectivity index (χ2n) is 11.2. The van der Waals surface area contributed by atoms with Crippen molar-refractivity contribution in [2.24, 2.45) is 0 Å². The predicted molar refractivity (Wildman–Crippen MR) is 168 cm³/mol. The van der Waals surface area contributed by atoms with Crippen molar-refractivity contribution < 1.29 is 18.0 Å². The predicted octanol–water partition coefficient (Wildman–Crippen LogP) is 6.23. The first-order valence-electron chi connectivity index (χ1n) is 14.4. The number of rotatable bonds is 5. The first kappa shape index (κ1) is 29.7. The highest BCUT2D eigenvalue weighted by atomic mass is 79.9. The van der Waals surface area contributed by atoms with E-state index in [2.05, 4.69) is 31.1 Å². The van der Waals surface area contributed by atoms with Gasteiger partial charge in [-0.2, -0.15) is 18.3 Å². The van der Waals surface area contributed by atoms with Crippen LogP contribution in [0, 0.1) is 0 Å². The standard InChI is InChI=1S/C33H25BrF3N7O2/c1-19-13-25-28(17-42(19)31(45)22-9-12-27(34)26(15-22)33(35,36)37)44-30(23(16-40-44)14-20-5-3-2-4-6-20)43(32(25)46)24-10-7-21(8-11-24)29-38-18-39-41-29/h2-12,15-16,18-19H,13-14,17H2,1H3,(H,38,39,41). The lowest BCUT2D eigenvalue weighted by molar-refractivity contribution is -0.138. The molecule has 0 saturated heterocycles. The number of amides is 1. The first-order valence-corrected chi connectivity index (χ1v) is 15.2. The number of benzene rings is 3. The van der Waals surface area contributed by atoms with Crippen molar-refractivity contribution >= 4 is 27.5 Å². The fourth-order valence-corrected chi connectivity index (χ4v) is 6.46. The molecule has 3 aromatic heterocycles. The van der Waals surface area contributed by atoms with Crippen LogP contribution in [0.5, 0.6) is 0 Å². The summed E-state index contributed by atoms with van der Waals surface area (Å²) in [5.41, 5.74) is 3.53. The zero-order valence-corrected chi connectivity index (χ0v) is 25.9. The molecule has 6 aromatic rings. The first-order chi connectivity index (χ1) is 22.1. The van der Waals surface area contributed by atoms with Gasteiger partial charge < -0.3 is 9.88 Å². The SMILES string of the molecule is CC1Cc2c(n3ncc(Cc4ccccc4)c3n(-c3ccc(-c4nnc[nH]4)cc3)c2=O)CN1C(=O)c1ccc(Br)c(C(F)(F)F)c1.